The maximum absolute atomic E-state index is 12.5. The molecule has 2 unspecified atom stereocenters. The van der Waals surface area contributed by atoms with E-state index in [9.17, 15) is 13.2 Å². The maximum Gasteiger partial charge on any atom is 0.279 e. The van der Waals surface area contributed by atoms with E-state index in [0.29, 0.717) is 19.7 Å². The Hall–Kier alpha value is -1.29. The number of ether oxygens (including phenoxy) is 1. The molecule has 1 aromatic rings. The Morgan fingerprint density at radius 2 is 1.96 bits per heavy atom. The zero-order valence-corrected chi connectivity index (χ0v) is 14.3. The third-order valence-corrected chi connectivity index (χ3v) is 6.70. The van der Waals surface area contributed by atoms with E-state index in [1.807, 2.05) is 0 Å². The van der Waals surface area contributed by atoms with E-state index in [0.717, 1.165) is 43.4 Å². The molecule has 1 N–H and O–H groups in total. The molecule has 0 radical (unpaired) electrons. The number of hydrogen-bond donors (Lipinski definition) is 1. The molecule has 0 amide bonds. The minimum absolute atomic E-state index is 0.184. The van der Waals surface area contributed by atoms with E-state index in [2.05, 4.69) is 9.82 Å². The van der Waals surface area contributed by atoms with Crippen LogP contribution in [0.15, 0.2) is 10.9 Å². The SMILES string of the molecule is O=c1cc2c(nn1C1COCC1NS(=O)(=O)N1CCCC1)CCC2. The summed E-state index contributed by atoms with van der Waals surface area (Å²) in [6.45, 7) is 1.64. The second kappa shape index (κ2) is 6.21. The van der Waals surface area contributed by atoms with Crippen LogP contribution in [0.2, 0.25) is 0 Å². The van der Waals surface area contributed by atoms with Crippen molar-refractivity contribution in [3.8, 4) is 0 Å². The Bertz CT molecular complexity index is 785. The Kier molecular flexibility index (Phi) is 4.19. The largest absolute Gasteiger partial charge is 0.377 e. The molecule has 1 aliphatic carbocycles. The van der Waals surface area contributed by atoms with Gasteiger partial charge in [-0.25, -0.2) is 4.68 Å². The molecular weight excluding hydrogens is 332 g/mol. The molecule has 2 aliphatic heterocycles. The van der Waals surface area contributed by atoms with Crippen LogP contribution in [0, 0.1) is 0 Å². The van der Waals surface area contributed by atoms with E-state index < -0.39 is 22.3 Å². The number of aromatic nitrogens is 2. The molecular formula is C15H22N4O4S. The lowest BCUT2D eigenvalue weighted by Gasteiger charge is -2.23. The highest BCUT2D eigenvalue weighted by Gasteiger charge is 2.37. The zero-order valence-electron chi connectivity index (χ0n) is 13.5. The van der Waals surface area contributed by atoms with Crippen molar-refractivity contribution in [2.24, 2.45) is 0 Å². The van der Waals surface area contributed by atoms with Crippen molar-refractivity contribution in [3.63, 3.8) is 0 Å². The number of aryl methyl sites for hydroxylation is 2. The number of rotatable bonds is 4. The molecule has 3 heterocycles. The number of nitrogens with zero attached hydrogens (tertiary/aromatic N) is 3. The normalized spacial score (nSPS) is 27.7. The van der Waals surface area contributed by atoms with Crippen molar-refractivity contribution in [2.45, 2.75) is 44.2 Å². The van der Waals surface area contributed by atoms with Gasteiger partial charge in [0.15, 0.2) is 0 Å². The quantitative estimate of drug-likeness (QED) is 0.794. The molecule has 0 saturated carbocycles. The van der Waals surface area contributed by atoms with Crippen molar-refractivity contribution in [3.05, 3.63) is 27.7 Å². The van der Waals surface area contributed by atoms with Gasteiger partial charge in [-0.05, 0) is 37.7 Å². The van der Waals surface area contributed by atoms with Crippen LogP contribution in [0.4, 0.5) is 0 Å². The third kappa shape index (κ3) is 2.90. The van der Waals surface area contributed by atoms with Crippen molar-refractivity contribution >= 4 is 10.2 Å². The van der Waals surface area contributed by atoms with Gasteiger partial charge in [0.1, 0.15) is 0 Å². The zero-order chi connectivity index (χ0) is 16.7. The second-order valence-electron chi connectivity index (χ2n) is 6.69. The lowest BCUT2D eigenvalue weighted by molar-refractivity contribution is 0.181. The summed E-state index contributed by atoms with van der Waals surface area (Å²) in [6, 6.07) is 0.765. The van der Waals surface area contributed by atoms with Gasteiger partial charge in [0, 0.05) is 19.2 Å². The average Bonchev–Trinajstić information content (AvgIpc) is 3.27. The first kappa shape index (κ1) is 16.2. The summed E-state index contributed by atoms with van der Waals surface area (Å²) in [7, 11) is -3.55. The monoisotopic (exact) mass is 354 g/mol. The minimum atomic E-state index is -3.55. The summed E-state index contributed by atoms with van der Waals surface area (Å²) in [6.07, 6.45) is 4.55. The molecule has 0 bridgehead atoms. The summed E-state index contributed by atoms with van der Waals surface area (Å²) in [4.78, 5) is 12.4. The van der Waals surface area contributed by atoms with Gasteiger partial charge in [0.2, 0.25) is 0 Å². The molecule has 2 atom stereocenters. The summed E-state index contributed by atoms with van der Waals surface area (Å²) >= 11 is 0. The van der Waals surface area contributed by atoms with Gasteiger partial charge < -0.3 is 4.74 Å². The fourth-order valence-corrected chi connectivity index (χ4v) is 5.24. The number of nitrogens with one attached hydrogen (secondary N) is 1. The molecule has 4 rings (SSSR count). The van der Waals surface area contributed by atoms with Crippen LogP contribution in [0.25, 0.3) is 0 Å². The van der Waals surface area contributed by atoms with Crippen molar-refractivity contribution in [2.75, 3.05) is 26.3 Å². The van der Waals surface area contributed by atoms with Crippen LogP contribution < -0.4 is 10.3 Å². The van der Waals surface area contributed by atoms with E-state index in [1.165, 1.54) is 8.99 Å². The number of hydrogen-bond acceptors (Lipinski definition) is 5. The lowest BCUT2D eigenvalue weighted by Crippen LogP contribution is -2.49. The second-order valence-corrected chi connectivity index (χ2v) is 8.40. The van der Waals surface area contributed by atoms with Gasteiger partial charge >= 0.3 is 0 Å². The first-order valence-electron chi connectivity index (χ1n) is 8.51. The molecule has 3 aliphatic rings. The summed E-state index contributed by atoms with van der Waals surface area (Å²) < 4.78 is 36.0. The van der Waals surface area contributed by atoms with Gasteiger partial charge in [-0.15, -0.1) is 0 Å². The van der Waals surface area contributed by atoms with Crippen molar-refractivity contribution < 1.29 is 13.2 Å². The summed E-state index contributed by atoms with van der Waals surface area (Å²) in [5.74, 6) is 0. The highest BCUT2D eigenvalue weighted by molar-refractivity contribution is 7.87. The van der Waals surface area contributed by atoms with E-state index >= 15 is 0 Å². The molecule has 8 nitrogen and oxygen atoms in total. The first-order valence-corrected chi connectivity index (χ1v) is 9.95. The highest BCUT2D eigenvalue weighted by Crippen LogP contribution is 2.23. The summed E-state index contributed by atoms with van der Waals surface area (Å²) in [5, 5.41) is 4.49. The average molecular weight is 354 g/mol. The van der Waals surface area contributed by atoms with Crippen LogP contribution in [-0.4, -0.2) is 54.8 Å². The minimum Gasteiger partial charge on any atom is -0.377 e. The summed E-state index contributed by atoms with van der Waals surface area (Å²) in [5.41, 5.74) is 1.78. The molecule has 132 valence electrons. The highest BCUT2D eigenvalue weighted by atomic mass is 32.2. The fraction of sp³-hybridized carbons (Fsp3) is 0.733. The number of fused-ring (bicyclic) bond motifs is 1. The van der Waals surface area contributed by atoms with Crippen molar-refractivity contribution in [1.82, 2.24) is 18.8 Å². The maximum atomic E-state index is 12.5. The lowest BCUT2D eigenvalue weighted by atomic mass is 10.2. The van der Waals surface area contributed by atoms with Gasteiger partial charge in [-0.2, -0.15) is 22.5 Å². The molecule has 2 fully saturated rings. The Balaban J connectivity index is 1.58. The molecule has 2 saturated heterocycles. The Morgan fingerprint density at radius 3 is 2.75 bits per heavy atom. The van der Waals surface area contributed by atoms with Crippen LogP contribution in [0.3, 0.4) is 0 Å². The van der Waals surface area contributed by atoms with Gasteiger partial charge in [0.25, 0.3) is 15.8 Å². The molecule has 0 aromatic carbocycles. The van der Waals surface area contributed by atoms with E-state index in [-0.39, 0.29) is 12.2 Å². The van der Waals surface area contributed by atoms with E-state index in [4.69, 9.17) is 4.74 Å². The Morgan fingerprint density at radius 1 is 1.17 bits per heavy atom. The molecule has 0 spiro atoms. The van der Waals surface area contributed by atoms with Crippen LogP contribution in [0.5, 0.6) is 0 Å². The molecule has 9 heteroatoms. The van der Waals surface area contributed by atoms with E-state index in [1.54, 1.807) is 6.07 Å². The standard InChI is InChI=1S/C15H22N4O4S/c20-15-8-11-4-3-5-12(11)16-19(15)14-10-23-9-13(14)17-24(21,22)18-6-1-2-7-18/h8,13-14,17H,1-7,9-10H2. The van der Waals surface area contributed by atoms with Crippen LogP contribution >= 0.6 is 0 Å². The smallest absolute Gasteiger partial charge is 0.279 e. The fourth-order valence-electron chi connectivity index (χ4n) is 3.74. The molecule has 1 aromatic heterocycles. The third-order valence-electron chi connectivity index (χ3n) is 5.05. The predicted octanol–water partition coefficient (Wildman–Crippen LogP) is -0.398. The van der Waals surface area contributed by atoms with Crippen LogP contribution in [0.1, 0.15) is 36.6 Å². The van der Waals surface area contributed by atoms with Crippen LogP contribution in [-0.2, 0) is 27.8 Å². The predicted molar refractivity (Wildman–Crippen MR) is 87.0 cm³/mol. The Labute approximate surface area is 141 Å². The van der Waals surface area contributed by atoms with Gasteiger partial charge in [-0.1, -0.05) is 0 Å². The molecule has 24 heavy (non-hydrogen) atoms. The van der Waals surface area contributed by atoms with Gasteiger partial charge in [0.05, 0.1) is 31.0 Å². The first-order chi connectivity index (χ1) is 11.5. The topological polar surface area (TPSA) is 93.5 Å². The van der Waals surface area contributed by atoms with Crippen molar-refractivity contribution in [1.29, 1.82) is 0 Å². The van der Waals surface area contributed by atoms with Gasteiger partial charge in [-0.3, -0.25) is 4.79 Å².